The van der Waals surface area contributed by atoms with Crippen LogP contribution in [0.1, 0.15) is 46.2 Å². The zero-order valence-electron chi connectivity index (χ0n) is 14.8. The van der Waals surface area contributed by atoms with Gasteiger partial charge in [0.25, 0.3) is 5.91 Å². The van der Waals surface area contributed by atoms with E-state index in [1.807, 2.05) is 28.2 Å². The van der Waals surface area contributed by atoms with Gasteiger partial charge in [-0.1, -0.05) is 6.07 Å². The van der Waals surface area contributed by atoms with E-state index in [0.29, 0.717) is 24.2 Å². The van der Waals surface area contributed by atoms with Crippen molar-refractivity contribution >= 4 is 17.2 Å². The molecule has 7 heteroatoms. The van der Waals surface area contributed by atoms with Crippen LogP contribution in [0, 0.1) is 11.3 Å². The molecule has 1 amide bonds. The highest BCUT2D eigenvalue weighted by Gasteiger charge is 2.28. The van der Waals surface area contributed by atoms with Crippen molar-refractivity contribution in [1.82, 2.24) is 19.4 Å². The van der Waals surface area contributed by atoms with E-state index in [1.54, 1.807) is 35.6 Å². The molecule has 0 saturated carbocycles. The van der Waals surface area contributed by atoms with Crippen molar-refractivity contribution in [1.29, 1.82) is 5.26 Å². The summed E-state index contributed by atoms with van der Waals surface area (Å²) in [6.07, 6.45) is 5.75. The van der Waals surface area contributed by atoms with Crippen molar-refractivity contribution in [2.45, 2.75) is 25.3 Å². The van der Waals surface area contributed by atoms with Gasteiger partial charge in [0.15, 0.2) is 0 Å². The number of amides is 1. The zero-order chi connectivity index (χ0) is 18.6. The monoisotopic (exact) mass is 377 g/mol. The number of carbonyl (C=O) groups excluding carboxylic acids is 1. The van der Waals surface area contributed by atoms with Crippen LogP contribution in [0.15, 0.2) is 47.5 Å². The third-order valence-electron chi connectivity index (χ3n) is 4.88. The molecule has 6 nitrogen and oxygen atoms in total. The molecule has 0 bridgehead atoms. The van der Waals surface area contributed by atoms with Gasteiger partial charge < -0.3 is 9.47 Å². The summed E-state index contributed by atoms with van der Waals surface area (Å²) in [5.74, 6) is 1.19. The van der Waals surface area contributed by atoms with Crippen LogP contribution >= 0.6 is 11.3 Å². The standard InChI is InChI=1S/C20H19N5OS/c21-10-15-3-1-4-16(9-15)20(26)25-7-2-5-17(11-25)19-22-6-8-24(19)12-18-13-27-14-23-18/h1,3-4,6,8-9,13-14,17H,2,5,7,11-12H2/t17-/m1/s1. The topological polar surface area (TPSA) is 74.8 Å². The van der Waals surface area contributed by atoms with Crippen molar-refractivity contribution in [2.24, 2.45) is 0 Å². The van der Waals surface area contributed by atoms with Crippen LogP contribution in [-0.2, 0) is 6.54 Å². The Morgan fingerprint density at radius 2 is 2.30 bits per heavy atom. The minimum Gasteiger partial charge on any atom is -0.338 e. The lowest BCUT2D eigenvalue weighted by molar-refractivity contribution is 0.0703. The summed E-state index contributed by atoms with van der Waals surface area (Å²) in [6, 6.07) is 9.00. The minimum atomic E-state index is -0.0191. The number of hydrogen-bond donors (Lipinski definition) is 0. The van der Waals surface area contributed by atoms with Gasteiger partial charge in [-0.05, 0) is 31.0 Å². The second-order valence-electron chi connectivity index (χ2n) is 6.68. The second-order valence-corrected chi connectivity index (χ2v) is 7.39. The predicted octanol–water partition coefficient (Wildman–Crippen LogP) is 3.28. The van der Waals surface area contributed by atoms with E-state index < -0.39 is 0 Å². The molecule has 3 heterocycles. The maximum atomic E-state index is 12.9. The molecule has 1 aliphatic heterocycles. The van der Waals surface area contributed by atoms with Crippen LogP contribution in [0.5, 0.6) is 0 Å². The first-order chi connectivity index (χ1) is 13.2. The maximum absolute atomic E-state index is 12.9. The number of aromatic nitrogens is 3. The first kappa shape index (κ1) is 17.4. The highest BCUT2D eigenvalue weighted by Crippen LogP contribution is 2.27. The number of nitrogens with zero attached hydrogens (tertiary/aromatic N) is 5. The molecule has 0 unspecified atom stereocenters. The van der Waals surface area contributed by atoms with E-state index in [4.69, 9.17) is 5.26 Å². The normalized spacial score (nSPS) is 16.9. The van der Waals surface area contributed by atoms with Gasteiger partial charge in [0, 0.05) is 42.3 Å². The van der Waals surface area contributed by atoms with E-state index in [1.165, 1.54) is 0 Å². The van der Waals surface area contributed by atoms with Gasteiger partial charge >= 0.3 is 0 Å². The molecule has 0 aliphatic carbocycles. The zero-order valence-corrected chi connectivity index (χ0v) is 15.6. The fourth-order valence-electron chi connectivity index (χ4n) is 3.58. The highest BCUT2D eigenvalue weighted by atomic mass is 32.1. The largest absolute Gasteiger partial charge is 0.338 e. The number of nitriles is 1. The van der Waals surface area contributed by atoms with Gasteiger partial charge in [-0.2, -0.15) is 5.26 Å². The van der Waals surface area contributed by atoms with Crippen molar-refractivity contribution in [3.05, 3.63) is 70.2 Å². The lowest BCUT2D eigenvalue weighted by Crippen LogP contribution is -2.39. The van der Waals surface area contributed by atoms with E-state index in [9.17, 15) is 4.79 Å². The SMILES string of the molecule is N#Cc1cccc(C(=O)N2CCC[C@@H](c3nccn3Cc3cscn3)C2)c1. The Morgan fingerprint density at radius 1 is 1.37 bits per heavy atom. The lowest BCUT2D eigenvalue weighted by atomic mass is 9.96. The third-order valence-corrected chi connectivity index (χ3v) is 5.51. The number of imidazole rings is 1. The van der Waals surface area contributed by atoms with Gasteiger partial charge in [0.1, 0.15) is 5.82 Å². The molecule has 1 fully saturated rings. The molecule has 4 rings (SSSR count). The number of piperidine rings is 1. The summed E-state index contributed by atoms with van der Waals surface area (Å²) in [6.45, 7) is 2.08. The molecular weight excluding hydrogens is 358 g/mol. The van der Waals surface area contributed by atoms with Crippen LogP contribution in [0.25, 0.3) is 0 Å². The third kappa shape index (κ3) is 3.76. The van der Waals surface area contributed by atoms with E-state index in [0.717, 1.165) is 30.9 Å². The van der Waals surface area contributed by atoms with Crippen LogP contribution in [0.2, 0.25) is 0 Å². The Labute approximate surface area is 161 Å². The quantitative estimate of drug-likeness (QED) is 0.699. The molecule has 0 N–H and O–H groups in total. The molecule has 1 aromatic carbocycles. The number of benzene rings is 1. The smallest absolute Gasteiger partial charge is 0.253 e. The van der Waals surface area contributed by atoms with Crippen molar-refractivity contribution in [3.8, 4) is 6.07 Å². The summed E-state index contributed by atoms with van der Waals surface area (Å²) in [7, 11) is 0. The van der Waals surface area contributed by atoms with Gasteiger partial charge in [0.2, 0.25) is 0 Å². The number of thiazole rings is 1. The van der Waals surface area contributed by atoms with E-state index in [-0.39, 0.29) is 11.8 Å². The fraction of sp³-hybridized carbons (Fsp3) is 0.300. The van der Waals surface area contributed by atoms with Crippen LogP contribution < -0.4 is 0 Å². The summed E-state index contributed by atoms with van der Waals surface area (Å²) in [4.78, 5) is 23.7. The Kier molecular flexibility index (Phi) is 4.99. The van der Waals surface area contributed by atoms with Crippen LogP contribution in [-0.4, -0.2) is 38.4 Å². The average molecular weight is 377 g/mol. The fourth-order valence-corrected chi connectivity index (χ4v) is 4.13. The summed E-state index contributed by atoms with van der Waals surface area (Å²) in [5.41, 5.74) is 3.94. The predicted molar refractivity (Wildman–Crippen MR) is 102 cm³/mol. The first-order valence-corrected chi connectivity index (χ1v) is 9.86. The highest BCUT2D eigenvalue weighted by molar-refractivity contribution is 7.07. The van der Waals surface area contributed by atoms with Gasteiger partial charge in [-0.3, -0.25) is 4.79 Å². The molecule has 0 spiro atoms. The van der Waals surface area contributed by atoms with Crippen molar-refractivity contribution in [2.75, 3.05) is 13.1 Å². The molecule has 27 heavy (non-hydrogen) atoms. The van der Waals surface area contributed by atoms with E-state index in [2.05, 4.69) is 20.6 Å². The molecule has 0 radical (unpaired) electrons. The van der Waals surface area contributed by atoms with Crippen LogP contribution in [0.3, 0.4) is 0 Å². The number of rotatable bonds is 4. The Bertz CT molecular complexity index is 972. The first-order valence-electron chi connectivity index (χ1n) is 8.92. The maximum Gasteiger partial charge on any atom is 0.253 e. The second kappa shape index (κ2) is 7.72. The Balaban J connectivity index is 1.51. The summed E-state index contributed by atoms with van der Waals surface area (Å²) in [5, 5.41) is 11.1. The molecule has 3 aromatic rings. The Morgan fingerprint density at radius 3 is 3.11 bits per heavy atom. The molecule has 1 saturated heterocycles. The summed E-state index contributed by atoms with van der Waals surface area (Å²) < 4.78 is 2.13. The van der Waals surface area contributed by atoms with Gasteiger partial charge in [-0.25, -0.2) is 9.97 Å². The average Bonchev–Trinajstić information content (AvgIpc) is 3.40. The molecule has 1 aliphatic rings. The van der Waals surface area contributed by atoms with Gasteiger partial charge in [0.05, 0.1) is 29.4 Å². The molecule has 136 valence electrons. The van der Waals surface area contributed by atoms with Crippen LogP contribution in [0.4, 0.5) is 0 Å². The van der Waals surface area contributed by atoms with Crippen molar-refractivity contribution < 1.29 is 4.79 Å². The number of likely N-dealkylation sites (tertiary alicyclic amines) is 1. The molecule has 2 aromatic heterocycles. The molecule has 1 atom stereocenters. The number of carbonyl (C=O) groups is 1. The van der Waals surface area contributed by atoms with E-state index >= 15 is 0 Å². The number of hydrogen-bond acceptors (Lipinski definition) is 5. The summed E-state index contributed by atoms with van der Waals surface area (Å²) >= 11 is 1.59. The van der Waals surface area contributed by atoms with Crippen molar-refractivity contribution in [3.63, 3.8) is 0 Å². The van der Waals surface area contributed by atoms with Gasteiger partial charge in [-0.15, -0.1) is 11.3 Å². The Hall–Kier alpha value is -2.98. The molecular formula is C20H19N5OS. The lowest BCUT2D eigenvalue weighted by Gasteiger charge is -2.32. The minimum absolute atomic E-state index is 0.0191.